The Bertz CT molecular complexity index is 694. The molecule has 1 aromatic heterocycles. The third kappa shape index (κ3) is 6.02. The number of aromatic nitrogens is 1. The minimum Gasteiger partial charge on any atom is -0.494 e. The van der Waals surface area contributed by atoms with Crippen molar-refractivity contribution in [2.75, 3.05) is 27.2 Å². The summed E-state index contributed by atoms with van der Waals surface area (Å²) in [6.07, 6.45) is 0.902. The van der Waals surface area contributed by atoms with E-state index in [9.17, 15) is 0 Å². The number of hydrogen-bond acceptors (Lipinski definition) is 4. The summed E-state index contributed by atoms with van der Waals surface area (Å²) in [5.41, 5.74) is 2.37. The van der Waals surface area contributed by atoms with E-state index >= 15 is 0 Å². The van der Waals surface area contributed by atoms with Crippen LogP contribution in [0.4, 0.5) is 0 Å². The van der Waals surface area contributed by atoms with Crippen LogP contribution < -0.4 is 10.1 Å². The second-order valence-electron chi connectivity index (χ2n) is 6.49. The van der Waals surface area contributed by atoms with Gasteiger partial charge in [-0.15, -0.1) is 11.3 Å². The first-order valence-electron chi connectivity index (χ1n) is 9.11. The summed E-state index contributed by atoms with van der Waals surface area (Å²) >= 11 is 1.75. The molecule has 142 valence electrons. The largest absolute Gasteiger partial charge is 0.494 e. The van der Waals surface area contributed by atoms with E-state index in [0.29, 0.717) is 12.5 Å². The van der Waals surface area contributed by atoms with Crippen molar-refractivity contribution >= 4 is 17.3 Å². The van der Waals surface area contributed by atoms with E-state index in [4.69, 9.17) is 4.74 Å². The summed E-state index contributed by atoms with van der Waals surface area (Å²) < 4.78 is 5.49. The zero-order valence-electron chi connectivity index (χ0n) is 16.5. The van der Waals surface area contributed by atoms with Gasteiger partial charge in [0.05, 0.1) is 17.3 Å². The highest BCUT2D eigenvalue weighted by Crippen LogP contribution is 2.19. The highest BCUT2D eigenvalue weighted by Gasteiger charge is 2.09. The zero-order valence-corrected chi connectivity index (χ0v) is 17.3. The Morgan fingerprint density at radius 2 is 2.04 bits per heavy atom. The third-order valence-corrected chi connectivity index (χ3v) is 5.15. The average Bonchev–Trinajstić information content (AvgIpc) is 3.10. The highest BCUT2D eigenvalue weighted by molar-refractivity contribution is 7.09. The van der Waals surface area contributed by atoms with E-state index in [-0.39, 0.29) is 0 Å². The standard InChI is InChI=1S/C20H30N4OS/c1-6-25-18-9-7-16(8-10-18)13-24(5)20(21-4)22-12-11-17-14-26-19(23-17)15(2)3/h7-10,14-15H,6,11-13H2,1-5H3,(H,21,22). The number of nitrogens with zero attached hydrogens (tertiary/aromatic N) is 3. The maximum atomic E-state index is 5.49. The molecule has 2 aromatic rings. The summed E-state index contributed by atoms with van der Waals surface area (Å²) in [6.45, 7) is 8.65. The first kappa shape index (κ1) is 20.2. The Morgan fingerprint density at radius 3 is 2.62 bits per heavy atom. The molecule has 0 aliphatic heterocycles. The number of guanidine groups is 1. The van der Waals surface area contributed by atoms with Gasteiger partial charge in [0, 0.05) is 44.9 Å². The molecule has 1 N–H and O–H groups in total. The van der Waals surface area contributed by atoms with Crippen molar-refractivity contribution < 1.29 is 4.74 Å². The minimum atomic E-state index is 0.495. The summed E-state index contributed by atoms with van der Waals surface area (Å²) in [5, 5.41) is 6.79. The van der Waals surface area contributed by atoms with Gasteiger partial charge in [-0.25, -0.2) is 4.98 Å². The molecule has 1 aromatic carbocycles. The molecule has 0 unspecified atom stereocenters. The second kappa shape index (κ2) is 10.2. The van der Waals surface area contributed by atoms with Crippen molar-refractivity contribution in [3.05, 3.63) is 45.9 Å². The molecule has 0 spiro atoms. The van der Waals surface area contributed by atoms with E-state index in [1.165, 1.54) is 10.6 Å². The molecule has 0 aliphatic rings. The number of ether oxygens (including phenoxy) is 1. The number of benzene rings is 1. The van der Waals surface area contributed by atoms with Crippen LogP contribution in [0, 0.1) is 0 Å². The lowest BCUT2D eigenvalue weighted by Gasteiger charge is -2.22. The Morgan fingerprint density at radius 1 is 1.31 bits per heavy atom. The molecular formula is C20H30N4OS. The number of aliphatic imine (C=N–C) groups is 1. The molecule has 1 heterocycles. The van der Waals surface area contributed by atoms with E-state index in [2.05, 4.69) is 51.6 Å². The maximum absolute atomic E-state index is 5.49. The molecule has 0 aliphatic carbocycles. The maximum Gasteiger partial charge on any atom is 0.193 e. The van der Waals surface area contributed by atoms with Gasteiger partial charge in [-0.1, -0.05) is 26.0 Å². The fourth-order valence-corrected chi connectivity index (χ4v) is 3.47. The van der Waals surface area contributed by atoms with Crippen molar-refractivity contribution in [2.45, 2.75) is 39.7 Å². The van der Waals surface area contributed by atoms with Crippen LogP contribution in [-0.2, 0) is 13.0 Å². The lowest BCUT2D eigenvalue weighted by atomic mass is 10.2. The smallest absolute Gasteiger partial charge is 0.193 e. The molecule has 0 radical (unpaired) electrons. The van der Waals surface area contributed by atoms with Crippen LogP contribution in [0.25, 0.3) is 0 Å². The number of hydrogen-bond donors (Lipinski definition) is 1. The van der Waals surface area contributed by atoms with E-state index in [0.717, 1.165) is 36.9 Å². The van der Waals surface area contributed by atoms with Crippen molar-refractivity contribution in [2.24, 2.45) is 4.99 Å². The predicted molar refractivity (Wildman–Crippen MR) is 110 cm³/mol. The lowest BCUT2D eigenvalue weighted by Crippen LogP contribution is -2.39. The van der Waals surface area contributed by atoms with Crippen molar-refractivity contribution in [3.63, 3.8) is 0 Å². The molecule has 0 bridgehead atoms. The van der Waals surface area contributed by atoms with Gasteiger partial charge in [0.15, 0.2) is 5.96 Å². The van der Waals surface area contributed by atoms with Gasteiger partial charge in [0.25, 0.3) is 0 Å². The van der Waals surface area contributed by atoms with Crippen LogP contribution in [-0.4, -0.2) is 43.1 Å². The van der Waals surface area contributed by atoms with Crippen LogP contribution in [0.2, 0.25) is 0 Å². The summed E-state index contributed by atoms with van der Waals surface area (Å²) in [6, 6.07) is 8.21. The summed E-state index contributed by atoms with van der Waals surface area (Å²) in [4.78, 5) is 11.2. The normalized spacial score (nSPS) is 11.7. The number of nitrogens with one attached hydrogen (secondary N) is 1. The van der Waals surface area contributed by atoms with E-state index < -0.39 is 0 Å². The molecule has 0 saturated heterocycles. The second-order valence-corrected chi connectivity index (χ2v) is 7.38. The predicted octanol–water partition coefficient (Wildman–Crippen LogP) is 3.92. The molecule has 0 fully saturated rings. The number of rotatable bonds is 8. The van der Waals surface area contributed by atoms with Gasteiger partial charge < -0.3 is 15.0 Å². The summed E-state index contributed by atoms with van der Waals surface area (Å²) in [7, 11) is 3.86. The Balaban J connectivity index is 1.83. The molecule has 0 atom stereocenters. The van der Waals surface area contributed by atoms with Crippen molar-refractivity contribution in [3.8, 4) is 5.75 Å². The van der Waals surface area contributed by atoms with Gasteiger partial charge in [-0.3, -0.25) is 4.99 Å². The first-order valence-corrected chi connectivity index (χ1v) is 9.99. The van der Waals surface area contributed by atoms with Gasteiger partial charge in [0.2, 0.25) is 0 Å². The lowest BCUT2D eigenvalue weighted by molar-refractivity contribution is 0.340. The third-order valence-electron chi connectivity index (χ3n) is 3.96. The fourth-order valence-electron chi connectivity index (χ4n) is 2.60. The minimum absolute atomic E-state index is 0.495. The van der Waals surface area contributed by atoms with Gasteiger partial charge in [0.1, 0.15) is 5.75 Å². The van der Waals surface area contributed by atoms with Crippen LogP contribution in [0.15, 0.2) is 34.6 Å². The molecule has 2 rings (SSSR count). The SMILES string of the molecule is CCOc1ccc(CN(C)C(=NC)NCCc2csc(C(C)C)n2)cc1. The quantitative estimate of drug-likeness (QED) is 0.562. The van der Waals surface area contributed by atoms with Crippen molar-refractivity contribution in [1.29, 1.82) is 0 Å². The van der Waals surface area contributed by atoms with Crippen molar-refractivity contribution in [1.82, 2.24) is 15.2 Å². The van der Waals surface area contributed by atoms with E-state index in [1.54, 1.807) is 11.3 Å². The molecule has 0 amide bonds. The molecule has 6 heteroatoms. The Hall–Kier alpha value is -2.08. The Labute approximate surface area is 161 Å². The van der Waals surface area contributed by atoms with Gasteiger partial charge in [-0.05, 0) is 24.6 Å². The average molecular weight is 375 g/mol. The fraction of sp³-hybridized carbons (Fsp3) is 0.500. The van der Waals surface area contributed by atoms with E-state index in [1.807, 2.05) is 33.2 Å². The first-order chi connectivity index (χ1) is 12.5. The molecule has 26 heavy (non-hydrogen) atoms. The van der Waals surface area contributed by atoms with Crippen LogP contribution in [0.5, 0.6) is 5.75 Å². The van der Waals surface area contributed by atoms with Crippen LogP contribution in [0.1, 0.15) is 43.0 Å². The molecular weight excluding hydrogens is 344 g/mol. The monoisotopic (exact) mass is 374 g/mol. The van der Waals surface area contributed by atoms with Gasteiger partial charge >= 0.3 is 0 Å². The van der Waals surface area contributed by atoms with Crippen LogP contribution in [0.3, 0.4) is 0 Å². The molecule has 5 nitrogen and oxygen atoms in total. The van der Waals surface area contributed by atoms with Gasteiger partial charge in [-0.2, -0.15) is 0 Å². The topological polar surface area (TPSA) is 49.8 Å². The highest BCUT2D eigenvalue weighted by atomic mass is 32.1. The van der Waals surface area contributed by atoms with Crippen LogP contribution >= 0.6 is 11.3 Å². The zero-order chi connectivity index (χ0) is 18.9. The molecule has 0 saturated carbocycles. The Kier molecular flexibility index (Phi) is 7.91. The number of thiazole rings is 1. The summed E-state index contributed by atoms with van der Waals surface area (Å²) in [5.74, 6) is 2.29.